The monoisotopic (exact) mass is 444 g/mol. The lowest BCUT2D eigenvalue weighted by molar-refractivity contribution is -0.259. The van der Waals surface area contributed by atoms with E-state index in [9.17, 15) is 9.59 Å². The van der Waals surface area contributed by atoms with E-state index in [1.807, 2.05) is 0 Å². The van der Waals surface area contributed by atoms with Crippen LogP contribution in [0.25, 0.3) is 0 Å². The third-order valence-electron chi connectivity index (χ3n) is 5.20. The van der Waals surface area contributed by atoms with Crippen LogP contribution in [0.1, 0.15) is 142 Å². The summed E-state index contributed by atoms with van der Waals surface area (Å²) >= 11 is 0. The van der Waals surface area contributed by atoms with E-state index in [2.05, 4.69) is 23.6 Å². The fraction of sp³-hybridized carbons (Fsp3) is 0.880. The van der Waals surface area contributed by atoms with Crippen molar-refractivity contribution in [3.8, 4) is 0 Å². The van der Waals surface area contributed by atoms with Gasteiger partial charge in [-0.25, -0.2) is 19.4 Å². The molecular formula is C25H48O6. The van der Waals surface area contributed by atoms with E-state index in [-0.39, 0.29) is 6.47 Å². The van der Waals surface area contributed by atoms with Crippen molar-refractivity contribution in [2.75, 3.05) is 0 Å². The van der Waals surface area contributed by atoms with E-state index in [1.54, 1.807) is 0 Å². The second kappa shape index (κ2) is 28.4. The van der Waals surface area contributed by atoms with Crippen LogP contribution < -0.4 is 0 Å². The zero-order valence-corrected chi connectivity index (χ0v) is 20.2. The number of carbonyl (C=O) groups excluding carboxylic acids is 2. The summed E-state index contributed by atoms with van der Waals surface area (Å²) in [5.74, 6) is -0.855. The molecule has 0 aromatic carbocycles. The molecule has 0 amide bonds. The van der Waals surface area contributed by atoms with E-state index in [1.165, 1.54) is 77.0 Å². The Labute approximate surface area is 190 Å². The SMILES string of the molecule is CCCCCCCCCCCC(=O)OOC(=O)CCCCCCCCCCC.O=CO. The minimum atomic E-state index is -0.427. The smallest absolute Gasteiger partial charge is 0.355 e. The van der Waals surface area contributed by atoms with Gasteiger partial charge in [0.2, 0.25) is 0 Å². The molecule has 0 rings (SSSR count). The molecule has 0 saturated carbocycles. The molecule has 0 aliphatic carbocycles. The maximum atomic E-state index is 11.6. The summed E-state index contributed by atoms with van der Waals surface area (Å²) in [7, 11) is 0. The van der Waals surface area contributed by atoms with Gasteiger partial charge in [0.15, 0.2) is 0 Å². The highest BCUT2D eigenvalue weighted by Crippen LogP contribution is 2.12. The zero-order valence-electron chi connectivity index (χ0n) is 20.2. The molecule has 6 heteroatoms. The molecule has 0 bridgehead atoms. The van der Waals surface area contributed by atoms with Crippen LogP contribution in [0.3, 0.4) is 0 Å². The molecule has 1 N–H and O–H groups in total. The van der Waals surface area contributed by atoms with Crippen molar-refractivity contribution < 1.29 is 29.3 Å². The molecule has 0 aromatic rings. The Bertz CT molecular complexity index is 363. The highest BCUT2D eigenvalue weighted by atomic mass is 17.2. The predicted molar refractivity (Wildman–Crippen MR) is 125 cm³/mol. The zero-order chi connectivity index (χ0) is 23.4. The molecule has 0 atom stereocenters. The Morgan fingerprint density at radius 3 is 1.03 bits per heavy atom. The van der Waals surface area contributed by atoms with Gasteiger partial charge in [0.05, 0.1) is 12.8 Å². The summed E-state index contributed by atoms with van der Waals surface area (Å²) in [6.07, 6.45) is 22.3. The lowest BCUT2D eigenvalue weighted by Crippen LogP contribution is -2.11. The highest BCUT2D eigenvalue weighted by molar-refractivity contribution is 5.72. The van der Waals surface area contributed by atoms with E-state index < -0.39 is 11.9 Å². The van der Waals surface area contributed by atoms with Crippen molar-refractivity contribution >= 4 is 18.4 Å². The number of carbonyl (C=O) groups is 3. The summed E-state index contributed by atoms with van der Waals surface area (Å²) in [5, 5.41) is 6.89. The van der Waals surface area contributed by atoms with Crippen molar-refractivity contribution in [3.63, 3.8) is 0 Å². The molecule has 0 unspecified atom stereocenters. The molecule has 0 spiro atoms. The van der Waals surface area contributed by atoms with Gasteiger partial charge in [0.1, 0.15) is 0 Å². The maximum absolute atomic E-state index is 11.6. The summed E-state index contributed by atoms with van der Waals surface area (Å²) in [5.41, 5.74) is 0. The molecule has 0 radical (unpaired) electrons. The summed E-state index contributed by atoms with van der Waals surface area (Å²) in [6, 6.07) is 0. The quantitative estimate of drug-likeness (QED) is 0.0903. The van der Waals surface area contributed by atoms with E-state index >= 15 is 0 Å². The van der Waals surface area contributed by atoms with Crippen LogP contribution in [0.2, 0.25) is 0 Å². The third kappa shape index (κ3) is 30.7. The fourth-order valence-electron chi connectivity index (χ4n) is 3.34. The standard InChI is InChI=1S/C24H46O4.CH2O2/c1-3-5-7-9-11-13-15-17-19-21-23(25)27-28-24(26)22-20-18-16-14-12-10-8-6-4-2;2-1-3/h3-22H2,1-2H3;1H,(H,2,3). The average Bonchev–Trinajstić information content (AvgIpc) is 2.76. The van der Waals surface area contributed by atoms with Crippen LogP contribution in [0, 0.1) is 0 Å². The molecule has 6 nitrogen and oxygen atoms in total. The van der Waals surface area contributed by atoms with Gasteiger partial charge < -0.3 is 5.11 Å². The maximum Gasteiger partial charge on any atom is 0.355 e. The minimum Gasteiger partial charge on any atom is -0.483 e. The van der Waals surface area contributed by atoms with Gasteiger partial charge in [-0.2, -0.15) is 0 Å². The summed E-state index contributed by atoms with van der Waals surface area (Å²) < 4.78 is 0. The van der Waals surface area contributed by atoms with Crippen LogP contribution in [-0.4, -0.2) is 23.5 Å². The Kier molecular flexibility index (Phi) is 29.0. The Morgan fingerprint density at radius 1 is 0.548 bits per heavy atom. The van der Waals surface area contributed by atoms with Gasteiger partial charge in [-0.15, -0.1) is 0 Å². The lowest BCUT2D eigenvalue weighted by atomic mass is 10.1. The van der Waals surface area contributed by atoms with E-state index in [0.717, 1.165) is 38.5 Å². The highest BCUT2D eigenvalue weighted by Gasteiger charge is 2.09. The van der Waals surface area contributed by atoms with Crippen LogP contribution in [0.15, 0.2) is 0 Å². The van der Waals surface area contributed by atoms with E-state index in [0.29, 0.717) is 12.8 Å². The molecule has 31 heavy (non-hydrogen) atoms. The summed E-state index contributed by atoms with van der Waals surface area (Å²) in [4.78, 5) is 40.8. The number of unbranched alkanes of at least 4 members (excludes halogenated alkanes) is 16. The molecule has 0 aromatic heterocycles. The van der Waals surface area contributed by atoms with Crippen LogP contribution in [0.5, 0.6) is 0 Å². The molecule has 0 heterocycles. The molecule has 0 saturated heterocycles. The van der Waals surface area contributed by atoms with Gasteiger partial charge in [-0.05, 0) is 12.8 Å². The Morgan fingerprint density at radius 2 is 0.774 bits per heavy atom. The summed E-state index contributed by atoms with van der Waals surface area (Å²) in [6.45, 7) is 4.21. The van der Waals surface area contributed by atoms with Crippen LogP contribution in [0.4, 0.5) is 0 Å². The van der Waals surface area contributed by atoms with Crippen molar-refractivity contribution in [1.29, 1.82) is 0 Å². The van der Waals surface area contributed by atoms with Crippen LogP contribution in [-0.2, 0) is 24.2 Å². The van der Waals surface area contributed by atoms with Crippen molar-refractivity contribution in [2.45, 2.75) is 142 Å². The van der Waals surface area contributed by atoms with Gasteiger partial charge in [-0.3, -0.25) is 4.79 Å². The largest absolute Gasteiger partial charge is 0.483 e. The first-order valence-corrected chi connectivity index (χ1v) is 12.6. The van der Waals surface area contributed by atoms with Gasteiger partial charge in [-0.1, -0.05) is 117 Å². The van der Waals surface area contributed by atoms with E-state index in [4.69, 9.17) is 9.90 Å². The van der Waals surface area contributed by atoms with Gasteiger partial charge in [0, 0.05) is 0 Å². The van der Waals surface area contributed by atoms with Gasteiger partial charge >= 0.3 is 11.9 Å². The number of rotatable bonds is 20. The van der Waals surface area contributed by atoms with Crippen molar-refractivity contribution in [3.05, 3.63) is 0 Å². The average molecular weight is 445 g/mol. The van der Waals surface area contributed by atoms with Crippen molar-refractivity contribution in [2.24, 2.45) is 0 Å². The lowest BCUT2D eigenvalue weighted by Gasteiger charge is -2.04. The fourth-order valence-corrected chi connectivity index (χ4v) is 3.34. The van der Waals surface area contributed by atoms with Gasteiger partial charge in [0.25, 0.3) is 6.47 Å². The molecular weight excluding hydrogens is 396 g/mol. The second-order valence-electron chi connectivity index (χ2n) is 8.17. The molecule has 184 valence electrons. The number of carboxylic acid groups (broad SMARTS) is 1. The minimum absolute atomic E-state index is 0.250. The molecule has 0 fully saturated rings. The van der Waals surface area contributed by atoms with Crippen LogP contribution >= 0.6 is 0 Å². The first-order chi connectivity index (χ1) is 15.1. The first kappa shape index (κ1) is 31.6. The third-order valence-corrected chi connectivity index (χ3v) is 5.20. The second-order valence-corrected chi connectivity index (χ2v) is 8.17. The van der Waals surface area contributed by atoms with Crippen molar-refractivity contribution in [1.82, 2.24) is 0 Å². The predicted octanol–water partition coefficient (Wildman–Crippen LogP) is 7.53. The Hall–Kier alpha value is -1.59. The first-order valence-electron chi connectivity index (χ1n) is 12.6. The topological polar surface area (TPSA) is 89.9 Å². The molecule has 0 aliphatic rings. The number of hydrogen-bond acceptors (Lipinski definition) is 5. The number of hydrogen-bond donors (Lipinski definition) is 1. The normalized spacial score (nSPS) is 10.1. The molecule has 0 aliphatic heterocycles. The Balaban J connectivity index is 0.